The fraction of sp³-hybridized carbons (Fsp3) is 0.385. The van der Waals surface area contributed by atoms with E-state index in [1.807, 2.05) is 0 Å². The Hall–Kier alpha value is -4.54. The van der Waals surface area contributed by atoms with Crippen molar-refractivity contribution in [2.75, 3.05) is 13.2 Å². The Bertz CT molecular complexity index is 1420. The second-order valence-corrected chi connectivity index (χ2v) is 10.0. The Labute approximate surface area is 239 Å². The molecule has 2 unspecified atom stereocenters. The predicted molar refractivity (Wildman–Crippen MR) is 149 cm³/mol. The van der Waals surface area contributed by atoms with E-state index in [0.717, 1.165) is 0 Å². The monoisotopic (exact) mass is 591 g/mol. The van der Waals surface area contributed by atoms with Gasteiger partial charge < -0.3 is 53.8 Å². The zero-order chi connectivity index (χ0) is 31.6. The van der Waals surface area contributed by atoms with Crippen LogP contribution >= 0.6 is 0 Å². The smallest absolute Gasteiger partial charge is 0.374 e. The Morgan fingerprint density at radius 2 is 1.52 bits per heavy atom. The molecule has 0 aromatic carbocycles. The zero-order valence-corrected chi connectivity index (χ0v) is 23.7. The molecule has 0 aliphatic heterocycles. The molecule has 0 spiro atoms. The average Bonchev–Trinajstić information content (AvgIpc) is 3.66. The minimum absolute atomic E-state index is 0.152. The van der Waals surface area contributed by atoms with E-state index >= 15 is 0 Å². The summed E-state index contributed by atoms with van der Waals surface area (Å²) in [6.07, 6.45) is 3.01. The average molecular weight is 591 g/mol. The molecule has 0 saturated carbocycles. The molecule has 0 aliphatic carbocycles. The third-order valence-electron chi connectivity index (χ3n) is 5.13. The molecule has 16 heteroatoms. The van der Waals surface area contributed by atoms with E-state index in [1.165, 1.54) is 38.4 Å². The highest BCUT2D eigenvalue weighted by molar-refractivity contribution is 6.46. The number of fused-ring (bicyclic) bond motifs is 2. The summed E-state index contributed by atoms with van der Waals surface area (Å²) < 4.78 is 19.9. The number of nitrogens with one attached hydrogen (secondary N) is 3. The summed E-state index contributed by atoms with van der Waals surface area (Å²) in [6.45, 7) is 7.59. The van der Waals surface area contributed by atoms with Gasteiger partial charge in [-0.15, -0.1) is 0 Å². The number of carboxylic acid groups (broad SMARTS) is 2. The quantitative estimate of drug-likeness (QED) is 0.110. The first kappa shape index (κ1) is 33.7. The molecule has 0 bridgehead atoms. The van der Waals surface area contributed by atoms with Crippen LogP contribution in [-0.4, -0.2) is 86.1 Å². The summed E-state index contributed by atoms with van der Waals surface area (Å²) in [5.74, 6) is -3.86. The number of carbonyl (C=O) groups is 4. The molecule has 0 fully saturated rings. The number of aliphatic hydroxyl groups is 1. The van der Waals surface area contributed by atoms with Crippen molar-refractivity contribution in [3.63, 3.8) is 0 Å². The van der Waals surface area contributed by atoms with E-state index in [9.17, 15) is 19.2 Å². The van der Waals surface area contributed by atoms with Crippen LogP contribution in [0.15, 0.2) is 45.6 Å². The SMILES string of the molecule is CB(O)NC(CO)C(=O)OC(C)(C)C.CC(COC(=O)c1cc2occc2[nH]1)C(=O)O.O=C(O)c1cc2occc2[nH]1. The summed E-state index contributed by atoms with van der Waals surface area (Å²) in [5.41, 5.74) is 2.35. The van der Waals surface area contributed by atoms with Gasteiger partial charge in [-0.05, 0) is 34.5 Å². The van der Waals surface area contributed by atoms with Crippen LogP contribution in [0.3, 0.4) is 0 Å². The lowest BCUT2D eigenvalue weighted by Crippen LogP contribution is -2.49. The third-order valence-corrected chi connectivity index (χ3v) is 5.13. The zero-order valence-electron chi connectivity index (χ0n) is 23.7. The molecular weight excluding hydrogens is 557 g/mol. The van der Waals surface area contributed by atoms with Crippen LogP contribution in [-0.2, 0) is 19.1 Å². The highest BCUT2D eigenvalue weighted by Crippen LogP contribution is 2.17. The van der Waals surface area contributed by atoms with Gasteiger partial charge in [-0.2, -0.15) is 0 Å². The number of carboxylic acids is 2. The number of hydrogen-bond acceptors (Lipinski definition) is 11. The van der Waals surface area contributed by atoms with E-state index in [2.05, 4.69) is 15.2 Å². The molecule has 2 atom stereocenters. The normalized spacial score (nSPS) is 12.4. The number of carbonyl (C=O) groups excluding carboxylic acids is 2. The van der Waals surface area contributed by atoms with Gasteiger partial charge in [0.05, 0.1) is 36.1 Å². The van der Waals surface area contributed by atoms with Gasteiger partial charge in [0.15, 0.2) is 11.2 Å². The topological polar surface area (TPSA) is 238 Å². The Morgan fingerprint density at radius 3 is 1.95 bits per heavy atom. The molecule has 15 nitrogen and oxygen atoms in total. The van der Waals surface area contributed by atoms with Crippen molar-refractivity contribution in [2.45, 2.75) is 46.2 Å². The standard InChI is InChI=1S/C11H11NO5.C8H18BNO4.C7H5NO3/c1-6(10(13)14)5-17-11(15)8-4-9-7(12-8)2-3-16-9;1-8(2,3)14-7(12)6(5-11)10-9(4)13;9-7(10)5-3-6-4(8-5)1-2-11-6/h2-4,6,12H,5H2,1H3,(H,13,14);6,10-11,13H,5H2,1-4H3;1-3,8H,(H,9,10). The number of aliphatic carboxylic acids is 1. The van der Waals surface area contributed by atoms with Crippen LogP contribution in [0.5, 0.6) is 0 Å². The maximum Gasteiger partial charge on any atom is 0.374 e. The fourth-order valence-electron chi connectivity index (χ4n) is 3.13. The Kier molecular flexibility index (Phi) is 12.0. The van der Waals surface area contributed by atoms with Gasteiger partial charge in [-0.1, -0.05) is 0 Å². The summed E-state index contributed by atoms with van der Waals surface area (Å²) in [5, 5.41) is 37.5. The second kappa shape index (κ2) is 14.9. The van der Waals surface area contributed by atoms with Gasteiger partial charge >= 0.3 is 30.9 Å². The van der Waals surface area contributed by atoms with Crippen LogP contribution in [0.1, 0.15) is 48.7 Å². The fourth-order valence-corrected chi connectivity index (χ4v) is 3.13. The molecular formula is C26H34BN3O12. The summed E-state index contributed by atoms with van der Waals surface area (Å²) in [6, 6.07) is 5.46. The first-order valence-corrected chi connectivity index (χ1v) is 12.6. The molecule has 4 heterocycles. The maximum absolute atomic E-state index is 11.6. The van der Waals surface area contributed by atoms with Crippen molar-refractivity contribution in [3.05, 3.63) is 48.2 Å². The van der Waals surface area contributed by atoms with Crippen LogP contribution in [0.4, 0.5) is 0 Å². The van der Waals surface area contributed by atoms with Crippen molar-refractivity contribution in [1.29, 1.82) is 0 Å². The number of esters is 2. The summed E-state index contributed by atoms with van der Waals surface area (Å²) >= 11 is 0. The van der Waals surface area contributed by atoms with Crippen LogP contribution in [0.2, 0.25) is 6.82 Å². The number of aromatic amines is 2. The van der Waals surface area contributed by atoms with Gasteiger partial charge in [0, 0.05) is 24.3 Å². The van der Waals surface area contributed by atoms with Crippen LogP contribution in [0.25, 0.3) is 22.2 Å². The number of aliphatic hydroxyl groups excluding tert-OH is 1. The molecule has 0 aliphatic rings. The maximum atomic E-state index is 11.6. The molecule has 228 valence electrons. The van der Waals surface area contributed by atoms with Crippen molar-refractivity contribution in [3.8, 4) is 0 Å². The second-order valence-electron chi connectivity index (χ2n) is 10.0. The van der Waals surface area contributed by atoms with Gasteiger partial charge in [0.2, 0.25) is 0 Å². The Morgan fingerprint density at radius 1 is 1.00 bits per heavy atom. The number of hydrogen-bond donors (Lipinski definition) is 7. The minimum atomic E-state index is -1.00. The van der Waals surface area contributed by atoms with Gasteiger partial charge in [-0.25, -0.2) is 9.59 Å². The Balaban J connectivity index is 0.000000225. The highest BCUT2D eigenvalue weighted by Gasteiger charge is 2.26. The van der Waals surface area contributed by atoms with E-state index in [1.54, 1.807) is 32.9 Å². The number of H-pyrrole nitrogens is 2. The van der Waals surface area contributed by atoms with Gasteiger partial charge in [0.1, 0.15) is 29.6 Å². The molecule has 4 rings (SSSR count). The highest BCUT2D eigenvalue weighted by atomic mass is 16.6. The third kappa shape index (κ3) is 10.5. The molecule has 4 aromatic rings. The summed E-state index contributed by atoms with van der Waals surface area (Å²) in [4.78, 5) is 49.3. The number of aromatic nitrogens is 2. The number of rotatable bonds is 9. The molecule has 0 saturated heterocycles. The number of furan rings is 2. The summed E-state index contributed by atoms with van der Waals surface area (Å²) in [7, 11) is -0.861. The minimum Gasteiger partial charge on any atom is -0.481 e. The van der Waals surface area contributed by atoms with Gasteiger partial charge in [0.25, 0.3) is 0 Å². The first-order valence-electron chi connectivity index (χ1n) is 12.6. The van der Waals surface area contributed by atoms with Crippen LogP contribution < -0.4 is 5.23 Å². The van der Waals surface area contributed by atoms with E-state index in [-0.39, 0.29) is 18.0 Å². The number of aromatic carboxylic acids is 1. The number of ether oxygens (including phenoxy) is 2. The lowest BCUT2D eigenvalue weighted by molar-refractivity contribution is -0.158. The lowest BCUT2D eigenvalue weighted by Gasteiger charge is -2.23. The van der Waals surface area contributed by atoms with E-state index < -0.39 is 55.1 Å². The molecule has 42 heavy (non-hydrogen) atoms. The largest absolute Gasteiger partial charge is 0.481 e. The van der Waals surface area contributed by atoms with E-state index in [0.29, 0.717) is 22.2 Å². The van der Waals surface area contributed by atoms with Crippen LogP contribution in [0, 0.1) is 5.92 Å². The lowest BCUT2D eigenvalue weighted by atomic mass is 9.87. The molecule has 0 radical (unpaired) electrons. The van der Waals surface area contributed by atoms with Crippen molar-refractivity contribution in [1.82, 2.24) is 15.2 Å². The predicted octanol–water partition coefficient (Wildman–Crippen LogP) is 2.49. The molecule has 0 amide bonds. The van der Waals surface area contributed by atoms with Gasteiger partial charge in [-0.3, -0.25) is 9.59 Å². The molecule has 7 N–H and O–H groups in total. The van der Waals surface area contributed by atoms with E-state index in [4.69, 9.17) is 38.7 Å². The van der Waals surface area contributed by atoms with Crippen molar-refractivity contribution in [2.24, 2.45) is 5.92 Å². The molecule has 4 aromatic heterocycles. The van der Waals surface area contributed by atoms with Crippen molar-refractivity contribution >= 4 is 53.1 Å². The first-order chi connectivity index (χ1) is 19.6. The van der Waals surface area contributed by atoms with Crippen molar-refractivity contribution < 1.29 is 57.8 Å².